The van der Waals surface area contributed by atoms with Crippen LogP contribution in [-0.4, -0.2) is 55.0 Å². The van der Waals surface area contributed by atoms with Crippen LogP contribution in [0.25, 0.3) is 5.57 Å². The number of benzene rings is 3. The van der Waals surface area contributed by atoms with Gasteiger partial charge in [-0.3, -0.25) is 4.55 Å². The van der Waals surface area contributed by atoms with E-state index < -0.39 is 27.8 Å². The minimum Gasteiger partial charge on any atom is -0.478 e. The van der Waals surface area contributed by atoms with Crippen LogP contribution in [0.1, 0.15) is 91.9 Å². The van der Waals surface area contributed by atoms with Crippen LogP contribution in [0.2, 0.25) is 0 Å². The Hall–Kier alpha value is -3.69. The summed E-state index contributed by atoms with van der Waals surface area (Å²) in [6.07, 6.45) is 1.47. The summed E-state index contributed by atoms with van der Waals surface area (Å²) in [4.78, 5) is 14.6. The Morgan fingerprint density at radius 2 is 1.72 bits per heavy atom. The molecular weight excluding hydrogens is 564 g/mol. The normalized spacial score (nSPS) is 21.7. The Morgan fingerprint density at radius 1 is 1.02 bits per heavy atom. The van der Waals surface area contributed by atoms with Gasteiger partial charge in [0, 0.05) is 58.6 Å². The summed E-state index contributed by atoms with van der Waals surface area (Å²) in [6.45, 7) is 10.8. The van der Waals surface area contributed by atoms with Gasteiger partial charge >= 0.3 is 5.97 Å². The van der Waals surface area contributed by atoms with Crippen LogP contribution < -0.4 is 24.8 Å². The highest BCUT2D eigenvalue weighted by Gasteiger charge is 2.41. The second kappa shape index (κ2) is 9.66. The average molecular weight is 604 g/mol. The molecule has 43 heavy (non-hydrogen) atoms. The average Bonchev–Trinajstić information content (AvgIpc) is 2.90. The molecule has 0 saturated heterocycles. The Labute approximate surface area is 252 Å². The second-order valence-electron chi connectivity index (χ2n) is 13.6. The first-order chi connectivity index (χ1) is 20.0. The molecule has 0 saturated carbocycles. The fourth-order valence-corrected chi connectivity index (χ4v) is 8.18. The van der Waals surface area contributed by atoms with Crippen molar-refractivity contribution in [2.24, 2.45) is 0 Å². The lowest BCUT2D eigenvalue weighted by molar-refractivity contribution is 0.0696. The van der Waals surface area contributed by atoms with E-state index in [-0.39, 0.29) is 22.6 Å². The van der Waals surface area contributed by atoms with E-state index in [0.717, 1.165) is 33.8 Å². The standard InChI is InChI=1S/C34H38N2O6S/c1-19-16-33(2,3)35(6)27-14-29-25(12-23(19)27)31(21-10-8-9-11-22(21)32(37)38)26-13-24-20(18-43(39,40)41)17-34(4,5)36(7)28(24)15-30(26)42-29/h8-15,19-20H,16-18H2,1-7H3,(H-,37,38,39,40,41)/p+1. The largest absolute Gasteiger partial charge is 0.478 e. The number of carboxylic acids is 1. The molecule has 0 bridgehead atoms. The van der Waals surface area contributed by atoms with Crippen LogP contribution in [-0.2, 0) is 10.1 Å². The van der Waals surface area contributed by atoms with Crippen molar-refractivity contribution in [3.8, 4) is 11.5 Å². The Morgan fingerprint density at radius 3 is 2.40 bits per heavy atom. The molecule has 0 amide bonds. The Balaban J connectivity index is 1.73. The molecule has 6 rings (SSSR count). The highest BCUT2D eigenvalue weighted by molar-refractivity contribution is 7.85. The van der Waals surface area contributed by atoms with Crippen molar-refractivity contribution >= 4 is 27.3 Å². The lowest BCUT2D eigenvalue weighted by Crippen LogP contribution is -2.50. The first-order valence-electron chi connectivity index (χ1n) is 14.7. The molecule has 3 heterocycles. The number of carboxylic acid groups (broad SMARTS) is 1. The van der Waals surface area contributed by atoms with Crippen molar-refractivity contribution in [2.75, 3.05) is 24.7 Å². The lowest BCUT2D eigenvalue weighted by atomic mass is 9.78. The van der Waals surface area contributed by atoms with Crippen molar-refractivity contribution in [1.29, 1.82) is 0 Å². The highest BCUT2D eigenvalue weighted by Crippen LogP contribution is 2.49. The molecule has 3 aliphatic heterocycles. The van der Waals surface area contributed by atoms with Crippen molar-refractivity contribution < 1.29 is 27.6 Å². The molecular formula is C34H39N2O6S+. The van der Waals surface area contributed by atoms with E-state index in [2.05, 4.69) is 49.4 Å². The molecule has 0 spiro atoms. The maximum Gasteiger partial charge on any atom is 0.336 e. The van der Waals surface area contributed by atoms with Gasteiger partial charge in [0.2, 0.25) is 5.36 Å². The van der Waals surface area contributed by atoms with E-state index in [1.54, 1.807) is 12.1 Å². The lowest BCUT2D eigenvalue weighted by Gasteiger charge is -2.46. The molecule has 2 unspecified atom stereocenters. The maximum absolute atomic E-state index is 12.5. The van der Waals surface area contributed by atoms with Crippen molar-refractivity contribution in [1.82, 2.24) is 4.58 Å². The quantitative estimate of drug-likeness (QED) is 0.257. The summed E-state index contributed by atoms with van der Waals surface area (Å²) < 4.78 is 43.1. The number of nitrogens with zero attached hydrogens (tertiary/aromatic N) is 2. The van der Waals surface area contributed by atoms with Gasteiger partial charge in [0.1, 0.15) is 18.5 Å². The first kappa shape index (κ1) is 29.4. The topological polar surface area (TPSA) is 107 Å². The van der Waals surface area contributed by atoms with Crippen molar-refractivity contribution in [3.05, 3.63) is 86.9 Å². The smallest absolute Gasteiger partial charge is 0.336 e. The third-order valence-corrected chi connectivity index (χ3v) is 10.7. The molecule has 226 valence electrons. The van der Waals surface area contributed by atoms with E-state index >= 15 is 0 Å². The summed E-state index contributed by atoms with van der Waals surface area (Å²) >= 11 is 0. The summed E-state index contributed by atoms with van der Waals surface area (Å²) in [5.74, 6) is -0.413. The second-order valence-corrected chi connectivity index (χ2v) is 15.1. The Kier molecular flexibility index (Phi) is 6.60. The number of rotatable bonds is 4. The number of anilines is 1. The predicted octanol–water partition coefficient (Wildman–Crippen LogP) is 4.73. The van der Waals surface area contributed by atoms with Crippen LogP contribution >= 0.6 is 0 Å². The minimum atomic E-state index is -4.26. The van der Waals surface area contributed by atoms with Gasteiger partial charge in [-0.25, -0.2) is 9.37 Å². The van der Waals surface area contributed by atoms with E-state index in [4.69, 9.17) is 4.74 Å². The molecule has 0 radical (unpaired) electrons. The zero-order valence-electron chi connectivity index (χ0n) is 25.7. The van der Waals surface area contributed by atoms with Gasteiger partial charge in [0.25, 0.3) is 10.1 Å². The number of ether oxygens (including phenoxy) is 1. The molecule has 8 nitrogen and oxygen atoms in total. The molecule has 2 N–H and O–H groups in total. The molecule has 3 aliphatic rings. The van der Waals surface area contributed by atoms with Gasteiger partial charge in [-0.1, -0.05) is 25.1 Å². The highest BCUT2D eigenvalue weighted by atomic mass is 32.2. The number of hydrogen-bond acceptors (Lipinski definition) is 5. The van der Waals surface area contributed by atoms with Crippen LogP contribution in [0.4, 0.5) is 5.69 Å². The SMILES string of the molecule is CC1CC(C)(C)[N+](C)=c2cc3c(cc21)=C(c1ccccc1C(=O)O)c1cc2c(cc1O3)N(C)C(C)(C)CC2CS(=O)(=O)O. The predicted molar refractivity (Wildman–Crippen MR) is 168 cm³/mol. The van der Waals surface area contributed by atoms with E-state index in [1.165, 1.54) is 5.56 Å². The van der Waals surface area contributed by atoms with Crippen LogP contribution in [0, 0.1) is 0 Å². The number of aromatic carboxylic acids is 1. The molecule has 9 heteroatoms. The minimum absolute atomic E-state index is 0.0505. The summed E-state index contributed by atoms with van der Waals surface area (Å²) in [7, 11) is -0.183. The molecule has 2 atom stereocenters. The molecule has 3 aromatic rings. The van der Waals surface area contributed by atoms with E-state index in [1.807, 2.05) is 45.2 Å². The van der Waals surface area contributed by atoms with Crippen LogP contribution in [0.3, 0.4) is 0 Å². The fraction of sp³-hybridized carbons (Fsp3) is 0.412. The van der Waals surface area contributed by atoms with Gasteiger partial charge in [-0.15, -0.1) is 0 Å². The maximum atomic E-state index is 12.5. The zero-order valence-corrected chi connectivity index (χ0v) is 26.5. The summed E-state index contributed by atoms with van der Waals surface area (Å²) in [5.41, 5.74) is 4.51. The monoisotopic (exact) mass is 603 g/mol. The van der Waals surface area contributed by atoms with Gasteiger partial charge in [-0.2, -0.15) is 8.42 Å². The fourth-order valence-electron chi connectivity index (χ4n) is 7.38. The zero-order chi connectivity index (χ0) is 31.2. The van der Waals surface area contributed by atoms with Crippen molar-refractivity contribution in [3.63, 3.8) is 0 Å². The third-order valence-electron chi connectivity index (χ3n) is 9.92. The van der Waals surface area contributed by atoms with Gasteiger partial charge in [0.05, 0.1) is 17.4 Å². The first-order valence-corrected chi connectivity index (χ1v) is 16.3. The van der Waals surface area contributed by atoms with Gasteiger partial charge in [0.15, 0.2) is 5.54 Å². The molecule has 3 aromatic carbocycles. The van der Waals surface area contributed by atoms with E-state index in [0.29, 0.717) is 29.0 Å². The van der Waals surface area contributed by atoms with E-state index in [9.17, 15) is 22.9 Å². The van der Waals surface area contributed by atoms with Crippen molar-refractivity contribution in [2.45, 2.75) is 70.4 Å². The molecule has 0 aliphatic carbocycles. The number of hydrogen-bond donors (Lipinski definition) is 2. The van der Waals surface area contributed by atoms with Crippen LogP contribution in [0.15, 0.2) is 48.5 Å². The summed E-state index contributed by atoms with van der Waals surface area (Å²) in [5, 5.41) is 12.1. The van der Waals surface area contributed by atoms with Crippen LogP contribution in [0.5, 0.6) is 11.5 Å². The van der Waals surface area contributed by atoms with Gasteiger partial charge < -0.3 is 14.7 Å². The summed E-state index contributed by atoms with van der Waals surface area (Å²) in [6, 6.07) is 15.1. The molecule has 0 fully saturated rings. The molecule has 0 aromatic heterocycles. The Bertz CT molecular complexity index is 1940. The number of fused-ring (bicyclic) bond motifs is 4. The number of carbonyl (C=O) groups is 1. The third kappa shape index (κ3) is 4.83. The van der Waals surface area contributed by atoms with Gasteiger partial charge in [-0.05, 0) is 69.4 Å².